The van der Waals surface area contributed by atoms with E-state index in [1.807, 2.05) is 44.2 Å². The van der Waals surface area contributed by atoms with Crippen molar-refractivity contribution in [2.24, 2.45) is 0 Å². The van der Waals surface area contributed by atoms with E-state index in [4.69, 9.17) is 16.3 Å². The number of aryl methyl sites for hydroxylation is 2. The van der Waals surface area contributed by atoms with Gasteiger partial charge in [-0.25, -0.2) is 4.98 Å². The van der Waals surface area contributed by atoms with Crippen molar-refractivity contribution < 1.29 is 9.53 Å². The smallest absolute Gasteiger partial charge is 0.269 e. The van der Waals surface area contributed by atoms with Crippen molar-refractivity contribution in [1.29, 1.82) is 0 Å². The molecule has 3 rings (SSSR count). The summed E-state index contributed by atoms with van der Waals surface area (Å²) in [7, 11) is 0. The Bertz CT molecular complexity index is 1040. The average molecular weight is 466 g/mol. The molecule has 2 aromatic carbocycles. The minimum Gasteiger partial charge on any atom is -0.481 e. The van der Waals surface area contributed by atoms with Crippen LogP contribution in [0.15, 0.2) is 60.8 Å². The first-order valence-electron chi connectivity index (χ1n) is 11.3. The Hall–Kier alpha value is -3.05. The van der Waals surface area contributed by atoms with Gasteiger partial charge in [0.1, 0.15) is 11.6 Å². The zero-order valence-electron chi connectivity index (χ0n) is 20.0. The van der Waals surface area contributed by atoms with Gasteiger partial charge in [-0.15, -0.1) is 0 Å². The number of carbonyl (C=O) groups is 1. The second-order valence-corrected chi connectivity index (χ2v) is 8.46. The summed E-state index contributed by atoms with van der Waals surface area (Å²) in [5.74, 6) is 1.06. The second kappa shape index (κ2) is 11.2. The molecule has 0 aliphatic carbocycles. The van der Waals surface area contributed by atoms with E-state index in [-0.39, 0.29) is 5.91 Å². The Labute approximate surface area is 202 Å². The molecule has 3 aromatic rings. The minimum absolute atomic E-state index is 0.160. The molecule has 0 aliphatic rings. The fourth-order valence-corrected chi connectivity index (χ4v) is 3.93. The lowest BCUT2D eigenvalue weighted by molar-refractivity contribution is -0.124. The van der Waals surface area contributed by atoms with Crippen LogP contribution in [0.2, 0.25) is 5.02 Å². The van der Waals surface area contributed by atoms with Crippen LogP contribution in [-0.4, -0.2) is 30.1 Å². The normalized spacial score (nSPS) is 11.7. The Kier molecular flexibility index (Phi) is 8.34. The maximum atomic E-state index is 13.5. The zero-order chi connectivity index (χ0) is 24.0. The fourth-order valence-electron chi connectivity index (χ4n) is 3.82. The molecule has 0 saturated heterocycles. The predicted molar refractivity (Wildman–Crippen MR) is 136 cm³/mol. The molecule has 0 unspecified atom stereocenters. The largest absolute Gasteiger partial charge is 0.481 e. The van der Waals surface area contributed by atoms with E-state index in [2.05, 4.69) is 48.0 Å². The number of carbonyl (C=O) groups excluding carboxylic acids is 1. The van der Waals surface area contributed by atoms with Gasteiger partial charge >= 0.3 is 0 Å². The lowest BCUT2D eigenvalue weighted by atomic mass is 10.1. The molecule has 0 fully saturated rings. The highest BCUT2D eigenvalue weighted by Gasteiger charge is 2.25. The maximum Gasteiger partial charge on any atom is 0.269 e. The summed E-state index contributed by atoms with van der Waals surface area (Å²) in [6.07, 6.45) is 0.998. The molecule has 5 nitrogen and oxygen atoms in total. The maximum absolute atomic E-state index is 13.5. The van der Waals surface area contributed by atoms with Crippen LogP contribution in [0.3, 0.4) is 0 Å². The van der Waals surface area contributed by atoms with Gasteiger partial charge in [-0.2, -0.15) is 0 Å². The van der Waals surface area contributed by atoms with Gasteiger partial charge in [0, 0.05) is 30.0 Å². The van der Waals surface area contributed by atoms with Crippen molar-refractivity contribution in [3.8, 4) is 5.75 Å². The summed E-state index contributed by atoms with van der Waals surface area (Å²) in [5.41, 5.74) is 4.03. The SMILES string of the molecule is CCN(CC)c1ccc(CN(C(=O)[C@@H](C)Oc2cc(C)c(Cl)c(C)c2)c2ccccn2)cc1. The number of ether oxygens (including phenoxy) is 1. The van der Waals surface area contributed by atoms with Crippen LogP contribution in [0.25, 0.3) is 0 Å². The van der Waals surface area contributed by atoms with Crippen LogP contribution >= 0.6 is 11.6 Å². The molecule has 0 radical (unpaired) electrons. The number of pyridine rings is 1. The molecule has 174 valence electrons. The zero-order valence-corrected chi connectivity index (χ0v) is 20.8. The number of nitrogens with zero attached hydrogens (tertiary/aromatic N) is 3. The van der Waals surface area contributed by atoms with Gasteiger partial charge in [-0.05, 0) is 87.7 Å². The first-order valence-corrected chi connectivity index (χ1v) is 11.7. The minimum atomic E-state index is -0.693. The van der Waals surface area contributed by atoms with Crippen LogP contribution in [0.1, 0.15) is 37.5 Å². The molecule has 0 N–H and O–H groups in total. The lowest BCUT2D eigenvalue weighted by Gasteiger charge is -2.26. The average Bonchev–Trinajstić information content (AvgIpc) is 2.82. The van der Waals surface area contributed by atoms with Gasteiger partial charge < -0.3 is 9.64 Å². The van der Waals surface area contributed by atoms with Gasteiger partial charge in [-0.3, -0.25) is 9.69 Å². The summed E-state index contributed by atoms with van der Waals surface area (Å²) in [6.45, 7) is 12.2. The first-order chi connectivity index (χ1) is 15.8. The van der Waals surface area contributed by atoms with Crippen molar-refractivity contribution in [2.45, 2.75) is 47.3 Å². The van der Waals surface area contributed by atoms with Gasteiger partial charge in [0.15, 0.2) is 6.10 Å². The van der Waals surface area contributed by atoms with Crippen LogP contribution in [0, 0.1) is 13.8 Å². The Balaban J connectivity index is 1.83. The number of amides is 1. The summed E-state index contributed by atoms with van der Waals surface area (Å²) in [4.78, 5) is 21.9. The van der Waals surface area contributed by atoms with Gasteiger partial charge in [0.25, 0.3) is 5.91 Å². The van der Waals surface area contributed by atoms with E-state index < -0.39 is 6.10 Å². The summed E-state index contributed by atoms with van der Waals surface area (Å²) >= 11 is 6.28. The first kappa shape index (κ1) is 24.6. The highest BCUT2D eigenvalue weighted by atomic mass is 35.5. The van der Waals surface area contributed by atoms with E-state index in [0.29, 0.717) is 23.1 Å². The molecule has 1 amide bonds. The van der Waals surface area contributed by atoms with E-state index in [9.17, 15) is 4.79 Å². The molecule has 1 aromatic heterocycles. The molecule has 0 aliphatic heterocycles. The van der Waals surface area contributed by atoms with Gasteiger partial charge in [-0.1, -0.05) is 29.8 Å². The highest BCUT2D eigenvalue weighted by molar-refractivity contribution is 6.32. The number of hydrogen-bond acceptors (Lipinski definition) is 4. The summed E-state index contributed by atoms with van der Waals surface area (Å²) in [6, 6.07) is 17.6. The molecular weight excluding hydrogens is 434 g/mol. The molecule has 33 heavy (non-hydrogen) atoms. The second-order valence-electron chi connectivity index (χ2n) is 8.08. The number of benzene rings is 2. The third-order valence-electron chi connectivity index (χ3n) is 5.67. The molecule has 0 bridgehead atoms. The van der Waals surface area contributed by atoms with E-state index in [1.54, 1.807) is 18.0 Å². The van der Waals surface area contributed by atoms with Crippen LogP contribution < -0.4 is 14.5 Å². The number of halogens is 1. The molecule has 0 spiro atoms. The standard InChI is InChI=1S/C27H32ClN3O2/c1-6-30(7-2)23-13-11-22(12-14-23)18-31(25-10-8-9-15-29-25)27(32)21(5)33-24-16-19(3)26(28)20(4)17-24/h8-17,21H,6-7,18H2,1-5H3/t21-/m1/s1. The van der Waals surface area contributed by atoms with Crippen molar-refractivity contribution in [1.82, 2.24) is 4.98 Å². The topological polar surface area (TPSA) is 45.7 Å². The number of aromatic nitrogens is 1. The summed E-state index contributed by atoms with van der Waals surface area (Å²) in [5, 5.41) is 0.713. The monoisotopic (exact) mass is 465 g/mol. The fraction of sp³-hybridized carbons (Fsp3) is 0.333. The molecule has 6 heteroatoms. The number of rotatable bonds is 9. The quantitative estimate of drug-likeness (QED) is 0.377. The molecule has 0 saturated carbocycles. The number of anilines is 2. The molecular formula is C27H32ClN3O2. The Morgan fingerprint density at radius 3 is 2.21 bits per heavy atom. The predicted octanol–water partition coefficient (Wildman–Crippen LogP) is 6.20. The van der Waals surface area contributed by atoms with Crippen molar-refractivity contribution >= 4 is 29.0 Å². The number of hydrogen-bond donors (Lipinski definition) is 0. The third-order valence-corrected chi connectivity index (χ3v) is 6.26. The van der Waals surface area contributed by atoms with Gasteiger partial charge in [0.2, 0.25) is 0 Å². The molecule has 1 heterocycles. The van der Waals surface area contributed by atoms with Crippen LogP contribution in [0.4, 0.5) is 11.5 Å². The van der Waals surface area contributed by atoms with Crippen LogP contribution in [0.5, 0.6) is 5.75 Å². The van der Waals surface area contributed by atoms with Crippen molar-refractivity contribution in [3.05, 3.63) is 82.5 Å². The Morgan fingerprint density at radius 1 is 1.03 bits per heavy atom. The van der Waals surface area contributed by atoms with Gasteiger partial charge in [0.05, 0.1) is 6.54 Å². The lowest BCUT2D eigenvalue weighted by Crippen LogP contribution is -2.40. The van der Waals surface area contributed by atoms with Crippen LogP contribution in [-0.2, 0) is 11.3 Å². The van der Waals surface area contributed by atoms with E-state index in [0.717, 1.165) is 29.8 Å². The molecule has 1 atom stereocenters. The third kappa shape index (κ3) is 6.05. The summed E-state index contributed by atoms with van der Waals surface area (Å²) < 4.78 is 6.03. The Morgan fingerprint density at radius 2 is 1.67 bits per heavy atom. The van der Waals surface area contributed by atoms with E-state index in [1.165, 1.54) is 5.69 Å². The van der Waals surface area contributed by atoms with Crippen molar-refractivity contribution in [2.75, 3.05) is 22.9 Å². The van der Waals surface area contributed by atoms with E-state index >= 15 is 0 Å². The highest BCUT2D eigenvalue weighted by Crippen LogP contribution is 2.27. The van der Waals surface area contributed by atoms with Crippen molar-refractivity contribution in [3.63, 3.8) is 0 Å².